The largest absolute Gasteiger partial charge is 0.508 e. The average Bonchev–Trinajstić information content (AvgIpc) is 2.94. The first-order valence-electron chi connectivity index (χ1n) is 13.4. The summed E-state index contributed by atoms with van der Waals surface area (Å²) in [6.07, 6.45) is 0.395. The molecule has 0 saturated heterocycles. The molecular formula is C29H39N5O7. The first-order chi connectivity index (χ1) is 19.4. The van der Waals surface area contributed by atoms with Gasteiger partial charge >= 0.3 is 5.97 Å². The standard InChI is InChI=1S/C29H39N5O7/c1-3-17(2)25(28(39)33-23(29(40)41)16-18-7-5-4-6-8-18)34-27(38)22(15-19-9-11-20(35)12-10-19)32-26(37)21(30)13-14-24(31)36/h4-12,17,21-23,25,35H,3,13-16,30H2,1-2H3,(H2,31,36)(H,32,37)(H,33,39)(H,34,38)(H,40,41). The van der Waals surface area contributed by atoms with E-state index < -0.39 is 53.8 Å². The molecule has 2 aromatic carbocycles. The minimum absolute atomic E-state index is 0.000988. The number of aliphatic carboxylic acids is 1. The van der Waals surface area contributed by atoms with Crippen LogP contribution in [0.2, 0.25) is 0 Å². The Morgan fingerprint density at radius 3 is 1.93 bits per heavy atom. The third kappa shape index (κ3) is 10.9. The Bertz CT molecular complexity index is 1190. The van der Waals surface area contributed by atoms with E-state index in [1.165, 1.54) is 12.1 Å². The van der Waals surface area contributed by atoms with Crippen LogP contribution < -0.4 is 27.4 Å². The smallest absolute Gasteiger partial charge is 0.326 e. The molecule has 0 saturated carbocycles. The van der Waals surface area contributed by atoms with Crippen LogP contribution in [0.15, 0.2) is 54.6 Å². The molecule has 0 aliphatic rings. The van der Waals surface area contributed by atoms with Crippen molar-refractivity contribution in [3.8, 4) is 5.75 Å². The zero-order valence-corrected chi connectivity index (χ0v) is 23.2. The van der Waals surface area contributed by atoms with Gasteiger partial charge in [0, 0.05) is 19.3 Å². The topological polar surface area (TPSA) is 214 Å². The fourth-order valence-electron chi connectivity index (χ4n) is 4.05. The Labute approximate surface area is 238 Å². The lowest BCUT2D eigenvalue weighted by atomic mass is 9.96. The summed E-state index contributed by atoms with van der Waals surface area (Å²) in [4.78, 5) is 62.6. The fourth-order valence-corrected chi connectivity index (χ4v) is 4.05. The molecule has 0 fully saturated rings. The van der Waals surface area contributed by atoms with Gasteiger partial charge in [0.25, 0.3) is 0 Å². The van der Waals surface area contributed by atoms with E-state index in [1.54, 1.807) is 49.4 Å². The molecule has 4 amide bonds. The predicted molar refractivity (Wildman–Crippen MR) is 151 cm³/mol. The van der Waals surface area contributed by atoms with Gasteiger partial charge in [-0.2, -0.15) is 0 Å². The second-order valence-electron chi connectivity index (χ2n) is 10.0. The van der Waals surface area contributed by atoms with E-state index in [9.17, 15) is 34.2 Å². The van der Waals surface area contributed by atoms with Crippen LogP contribution in [0.5, 0.6) is 5.75 Å². The quantitative estimate of drug-likeness (QED) is 0.149. The molecule has 41 heavy (non-hydrogen) atoms. The average molecular weight is 570 g/mol. The van der Waals surface area contributed by atoms with Crippen LogP contribution in [0.4, 0.5) is 0 Å². The van der Waals surface area contributed by atoms with Crippen molar-refractivity contribution in [3.05, 3.63) is 65.7 Å². The molecule has 0 aliphatic carbocycles. The van der Waals surface area contributed by atoms with Crippen LogP contribution in [0, 0.1) is 5.92 Å². The van der Waals surface area contributed by atoms with E-state index in [0.29, 0.717) is 17.5 Å². The molecule has 0 aliphatic heterocycles. The number of carbonyl (C=O) groups excluding carboxylic acids is 4. The summed E-state index contributed by atoms with van der Waals surface area (Å²) in [5.41, 5.74) is 12.3. The van der Waals surface area contributed by atoms with E-state index in [4.69, 9.17) is 11.5 Å². The minimum Gasteiger partial charge on any atom is -0.508 e. The summed E-state index contributed by atoms with van der Waals surface area (Å²) in [7, 11) is 0. The number of hydrogen-bond acceptors (Lipinski definition) is 7. The first-order valence-corrected chi connectivity index (χ1v) is 13.4. The van der Waals surface area contributed by atoms with E-state index in [2.05, 4.69) is 16.0 Å². The summed E-state index contributed by atoms with van der Waals surface area (Å²) in [6, 6.07) is 10.2. The maximum atomic E-state index is 13.5. The molecule has 5 atom stereocenters. The van der Waals surface area contributed by atoms with Gasteiger partial charge in [-0.3, -0.25) is 19.2 Å². The molecule has 0 spiro atoms. The molecule has 2 aromatic rings. The normalized spacial score (nSPS) is 14.5. The summed E-state index contributed by atoms with van der Waals surface area (Å²) >= 11 is 0. The molecule has 12 heteroatoms. The van der Waals surface area contributed by atoms with Crippen molar-refractivity contribution in [2.45, 2.75) is 70.1 Å². The van der Waals surface area contributed by atoms with Crippen LogP contribution in [0.3, 0.4) is 0 Å². The maximum absolute atomic E-state index is 13.5. The Hall–Kier alpha value is -4.45. The molecule has 0 heterocycles. The van der Waals surface area contributed by atoms with Gasteiger partial charge in [-0.15, -0.1) is 0 Å². The minimum atomic E-state index is -1.23. The van der Waals surface area contributed by atoms with Crippen molar-refractivity contribution in [2.24, 2.45) is 17.4 Å². The number of hydrogen-bond donors (Lipinski definition) is 7. The number of benzene rings is 2. The van der Waals surface area contributed by atoms with E-state index >= 15 is 0 Å². The van der Waals surface area contributed by atoms with Crippen LogP contribution >= 0.6 is 0 Å². The predicted octanol–water partition coefficient (Wildman–Crippen LogP) is 0.355. The lowest BCUT2D eigenvalue weighted by molar-refractivity contribution is -0.142. The third-order valence-electron chi connectivity index (χ3n) is 6.74. The second kappa shape index (κ2) is 16.0. The number of carboxylic acid groups (broad SMARTS) is 1. The van der Waals surface area contributed by atoms with Gasteiger partial charge in [-0.1, -0.05) is 62.7 Å². The summed E-state index contributed by atoms with van der Waals surface area (Å²) in [5, 5.41) is 27.1. The number of aromatic hydroxyl groups is 1. The third-order valence-corrected chi connectivity index (χ3v) is 6.74. The Balaban J connectivity index is 2.24. The maximum Gasteiger partial charge on any atom is 0.326 e. The highest BCUT2D eigenvalue weighted by Crippen LogP contribution is 2.14. The van der Waals surface area contributed by atoms with Crippen LogP contribution in [0.25, 0.3) is 0 Å². The molecule has 2 rings (SSSR count). The summed E-state index contributed by atoms with van der Waals surface area (Å²) in [5.74, 6) is -4.27. The zero-order chi connectivity index (χ0) is 30.5. The lowest BCUT2D eigenvalue weighted by Gasteiger charge is -2.28. The van der Waals surface area contributed by atoms with Crippen molar-refractivity contribution < 1.29 is 34.2 Å². The highest BCUT2D eigenvalue weighted by molar-refractivity contribution is 5.94. The van der Waals surface area contributed by atoms with E-state index in [-0.39, 0.29) is 37.4 Å². The van der Waals surface area contributed by atoms with Crippen LogP contribution in [0.1, 0.15) is 44.2 Å². The van der Waals surface area contributed by atoms with Crippen molar-refractivity contribution in [3.63, 3.8) is 0 Å². The van der Waals surface area contributed by atoms with Crippen molar-refractivity contribution in [2.75, 3.05) is 0 Å². The molecular weight excluding hydrogens is 530 g/mol. The number of carbonyl (C=O) groups is 5. The zero-order valence-electron chi connectivity index (χ0n) is 23.2. The highest BCUT2D eigenvalue weighted by Gasteiger charge is 2.33. The van der Waals surface area contributed by atoms with Crippen LogP contribution in [-0.4, -0.2) is 64.0 Å². The number of phenols is 1. The monoisotopic (exact) mass is 569 g/mol. The van der Waals surface area contributed by atoms with Crippen molar-refractivity contribution in [1.82, 2.24) is 16.0 Å². The van der Waals surface area contributed by atoms with Crippen LogP contribution in [-0.2, 0) is 36.8 Å². The van der Waals surface area contributed by atoms with Gasteiger partial charge in [-0.05, 0) is 35.6 Å². The van der Waals surface area contributed by atoms with E-state index in [1.807, 2.05) is 6.92 Å². The molecule has 0 radical (unpaired) electrons. The van der Waals surface area contributed by atoms with E-state index in [0.717, 1.165) is 0 Å². The number of primary amides is 1. The number of carboxylic acids is 1. The van der Waals surface area contributed by atoms with Gasteiger partial charge < -0.3 is 37.6 Å². The Morgan fingerprint density at radius 2 is 1.37 bits per heavy atom. The van der Waals surface area contributed by atoms with Crippen molar-refractivity contribution in [1.29, 1.82) is 0 Å². The Kier molecular flexibility index (Phi) is 12.8. The molecule has 5 unspecified atom stereocenters. The van der Waals surface area contributed by atoms with Gasteiger partial charge in [0.2, 0.25) is 23.6 Å². The number of amides is 4. The lowest BCUT2D eigenvalue weighted by Crippen LogP contribution is -2.59. The molecule has 222 valence electrons. The number of nitrogens with two attached hydrogens (primary N) is 2. The van der Waals surface area contributed by atoms with Crippen molar-refractivity contribution >= 4 is 29.6 Å². The highest BCUT2D eigenvalue weighted by atomic mass is 16.4. The fraction of sp³-hybridized carbons (Fsp3) is 0.414. The second-order valence-corrected chi connectivity index (χ2v) is 10.0. The van der Waals surface area contributed by atoms with Gasteiger partial charge in [0.05, 0.1) is 6.04 Å². The molecule has 0 bridgehead atoms. The molecule has 9 N–H and O–H groups in total. The summed E-state index contributed by atoms with van der Waals surface area (Å²) in [6.45, 7) is 3.56. The van der Waals surface area contributed by atoms with Gasteiger partial charge in [0.1, 0.15) is 23.9 Å². The number of phenolic OH excluding ortho intramolecular Hbond substituents is 1. The van der Waals surface area contributed by atoms with Gasteiger partial charge in [-0.25, -0.2) is 4.79 Å². The Morgan fingerprint density at radius 1 is 0.805 bits per heavy atom. The first kappa shape index (κ1) is 32.8. The number of nitrogens with one attached hydrogen (secondary N) is 3. The summed E-state index contributed by atoms with van der Waals surface area (Å²) < 4.78 is 0. The molecule has 0 aromatic heterocycles. The number of rotatable bonds is 16. The van der Waals surface area contributed by atoms with Gasteiger partial charge in [0.15, 0.2) is 0 Å². The molecule has 12 nitrogen and oxygen atoms in total. The SMILES string of the molecule is CCC(C)C(NC(=O)C(Cc1ccc(O)cc1)NC(=O)C(N)CCC(N)=O)C(=O)NC(Cc1ccccc1)C(=O)O.